The predicted octanol–water partition coefficient (Wildman–Crippen LogP) is 4.62. The molecule has 0 radical (unpaired) electrons. The Morgan fingerprint density at radius 1 is 1.08 bits per heavy atom. The van der Waals surface area contributed by atoms with Crippen molar-refractivity contribution in [3.8, 4) is 5.75 Å². The highest BCUT2D eigenvalue weighted by atomic mass is 19.1. The van der Waals surface area contributed by atoms with Gasteiger partial charge in [0.1, 0.15) is 17.3 Å². The molecular weight excluding hydrogens is 333 g/mol. The Morgan fingerprint density at radius 3 is 2.58 bits per heavy atom. The number of nitrogens with zero attached hydrogens (tertiary/aromatic N) is 1. The number of rotatable bonds is 6. The highest BCUT2D eigenvalue weighted by Gasteiger charge is 2.10. The average molecular weight is 351 g/mol. The number of carbonyl (C=O) groups excluding carboxylic acids is 1. The Morgan fingerprint density at radius 2 is 1.85 bits per heavy atom. The lowest BCUT2D eigenvalue weighted by molar-refractivity contribution is 0.102. The van der Waals surface area contributed by atoms with Crippen LogP contribution in [0.4, 0.5) is 21.5 Å². The Kier molecular flexibility index (Phi) is 5.43. The molecule has 0 aliphatic heterocycles. The van der Waals surface area contributed by atoms with Crippen molar-refractivity contribution in [2.75, 3.05) is 17.2 Å². The van der Waals surface area contributed by atoms with Crippen molar-refractivity contribution in [2.45, 2.75) is 6.92 Å². The van der Waals surface area contributed by atoms with E-state index in [9.17, 15) is 9.18 Å². The third-order valence-electron chi connectivity index (χ3n) is 3.57. The summed E-state index contributed by atoms with van der Waals surface area (Å²) < 4.78 is 19.1. The zero-order chi connectivity index (χ0) is 18.4. The van der Waals surface area contributed by atoms with Crippen LogP contribution in [0.15, 0.2) is 66.9 Å². The van der Waals surface area contributed by atoms with E-state index in [0.29, 0.717) is 23.7 Å². The molecule has 2 aromatic carbocycles. The van der Waals surface area contributed by atoms with Crippen molar-refractivity contribution in [2.24, 2.45) is 0 Å². The Balaban J connectivity index is 1.71. The van der Waals surface area contributed by atoms with Gasteiger partial charge >= 0.3 is 0 Å². The van der Waals surface area contributed by atoms with Gasteiger partial charge in [0.25, 0.3) is 5.91 Å². The van der Waals surface area contributed by atoms with Gasteiger partial charge in [0, 0.05) is 17.6 Å². The molecule has 0 saturated heterocycles. The smallest absolute Gasteiger partial charge is 0.274 e. The molecule has 26 heavy (non-hydrogen) atoms. The molecule has 0 aliphatic carbocycles. The van der Waals surface area contributed by atoms with Crippen LogP contribution in [0.3, 0.4) is 0 Å². The highest BCUT2D eigenvalue weighted by Crippen LogP contribution is 2.20. The minimum atomic E-state index is -0.371. The lowest BCUT2D eigenvalue weighted by Gasteiger charge is -2.09. The Labute approximate surface area is 150 Å². The Bertz CT molecular complexity index is 898. The first-order chi connectivity index (χ1) is 12.7. The summed E-state index contributed by atoms with van der Waals surface area (Å²) in [7, 11) is 0. The van der Waals surface area contributed by atoms with Crippen LogP contribution in [-0.2, 0) is 0 Å². The van der Waals surface area contributed by atoms with Gasteiger partial charge in [0.15, 0.2) is 0 Å². The summed E-state index contributed by atoms with van der Waals surface area (Å²) in [5.41, 5.74) is 1.76. The fourth-order valence-electron chi connectivity index (χ4n) is 2.35. The SMILES string of the molecule is CCOc1ccc(NC(=O)c2cc(Nc3ccccc3F)ccn2)cc1. The normalized spacial score (nSPS) is 10.2. The zero-order valence-corrected chi connectivity index (χ0v) is 14.2. The number of pyridine rings is 1. The van der Waals surface area contributed by atoms with E-state index in [-0.39, 0.29) is 17.4 Å². The number of aromatic nitrogens is 1. The molecule has 1 amide bonds. The molecule has 0 fully saturated rings. The van der Waals surface area contributed by atoms with E-state index in [2.05, 4.69) is 15.6 Å². The highest BCUT2D eigenvalue weighted by molar-refractivity contribution is 6.03. The number of hydrogen-bond acceptors (Lipinski definition) is 4. The van der Waals surface area contributed by atoms with Gasteiger partial charge in [-0.15, -0.1) is 0 Å². The second-order valence-electron chi connectivity index (χ2n) is 5.45. The lowest BCUT2D eigenvalue weighted by atomic mass is 10.2. The number of hydrogen-bond donors (Lipinski definition) is 2. The summed E-state index contributed by atoms with van der Waals surface area (Å²) in [6, 6.07) is 16.6. The number of para-hydroxylation sites is 1. The summed E-state index contributed by atoms with van der Waals surface area (Å²) in [5, 5.41) is 5.71. The van der Waals surface area contributed by atoms with Crippen molar-refractivity contribution < 1.29 is 13.9 Å². The largest absolute Gasteiger partial charge is 0.494 e. The summed E-state index contributed by atoms with van der Waals surface area (Å²) in [5.74, 6) is 0.00996. The summed E-state index contributed by atoms with van der Waals surface area (Å²) in [6.07, 6.45) is 1.50. The van der Waals surface area contributed by atoms with Crippen LogP contribution in [0.25, 0.3) is 0 Å². The van der Waals surface area contributed by atoms with Crippen LogP contribution in [0.1, 0.15) is 17.4 Å². The van der Waals surface area contributed by atoms with Gasteiger partial charge in [-0.25, -0.2) is 4.39 Å². The van der Waals surface area contributed by atoms with Crippen molar-refractivity contribution in [1.82, 2.24) is 4.98 Å². The van der Waals surface area contributed by atoms with E-state index in [4.69, 9.17) is 4.74 Å². The first kappa shape index (κ1) is 17.4. The summed E-state index contributed by atoms with van der Waals surface area (Å²) in [6.45, 7) is 2.49. The molecule has 0 saturated carbocycles. The molecule has 5 nitrogen and oxygen atoms in total. The van der Waals surface area contributed by atoms with Crippen LogP contribution < -0.4 is 15.4 Å². The van der Waals surface area contributed by atoms with Gasteiger partial charge in [-0.3, -0.25) is 9.78 Å². The minimum Gasteiger partial charge on any atom is -0.494 e. The molecule has 132 valence electrons. The molecule has 0 atom stereocenters. The first-order valence-corrected chi connectivity index (χ1v) is 8.17. The van der Waals surface area contributed by atoms with E-state index in [0.717, 1.165) is 5.75 Å². The molecule has 3 aromatic rings. The van der Waals surface area contributed by atoms with Crippen molar-refractivity contribution in [3.05, 3.63) is 78.4 Å². The molecule has 2 N–H and O–H groups in total. The molecule has 6 heteroatoms. The van der Waals surface area contributed by atoms with Crippen molar-refractivity contribution in [1.29, 1.82) is 0 Å². The molecule has 0 spiro atoms. The fourth-order valence-corrected chi connectivity index (χ4v) is 2.35. The maximum atomic E-state index is 13.7. The monoisotopic (exact) mass is 351 g/mol. The number of anilines is 3. The van der Waals surface area contributed by atoms with Gasteiger partial charge in [-0.05, 0) is 55.5 Å². The van der Waals surface area contributed by atoms with Crippen molar-refractivity contribution >= 4 is 23.0 Å². The third-order valence-corrected chi connectivity index (χ3v) is 3.57. The van der Waals surface area contributed by atoms with E-state index < -0.39 is 0 Å². The van der Waals surface area contributed by atoms with Crippen molar-refractivity contribution in [3.63, 3.8) is 0 Å². The number of ether oxygens (including phenoxy) is 1. The van der Waals surface area contributed by atoms with Crippen LogP contribution >= 0.6 is 0 Å². The maximum Gasteiger partial charge on any atom is 0.274 e. The number of carbonyl (C=O) groups is 1. The molecule has 0 bridgehead atoms. The molecule has 0 aliphatic rings. The van der Waals surface area contributed by atoms with Crippen LogP contribution in [0.2, 0.25) is 0 Å². The fraction of sp³-hybridized carbons (Fsp3) is 0.100. The van der Waals surface area contributed by atoms with Gasteiger partial charge in [0.05, 0.1) is 12.3 Å². The van der Waals surface area contributed by atoms with Crippen LogP contribution in [0.5, 0.6) is 5.75 Å². The topological polar surface area (TPSA) is 63.2 Å². The number of nitrogens with one attached hydrogen (secondary N) is 2. The number of amides is 1. The van der Waals surface area contributed by atoms with Crippen LogP contribution in [-0.4, -0.2) is 17.5 Å². The van der Waals surface area contributed by atoms with E-state index >= 15 is 0 Å². The third kappa shape index (κ3) is 4.36. The van der Waals surface area contributed by atoms with E-state index in [1.165, 1.54) is 12.3 Å². The average Bonchev–Trinajstić information content (AvgIpc) is 2.66. The molecule has 1 heterocycles. The van der Waals surface area contributed by atoms with E-state index in [1.807, 2.05) is 6.92 Å². The number of halogens is 1. The second-order valence-corrected chi connectivity index (χ2v) is 5.45. The van der Waals surface area contributed by atoms with Gasteiger partial charge in [-0.1, -0.05) is 12.1 Å². The number of benzene rings is 2. The van der Waals surface area contributed by atoms with Gasteiger partial charge in [-0.2, -0.15) is 0 Å². The minimum absolute atomic E-state index is 0.222. The summed E-state index contributed by atoms with van der Waals surface area (Å²) >= 11 is 0. The lowest BCUT2D eigenvalue weighted by Crippen LogP contribution is -2.13. The Hall–Kier alpha value is -3.41. The summed E-state index contributed by atoms with van der Waals surface area (Å²) in [4.78, 5) is 16.5. The molecule has 3 rings (SSSR count). The molecule has 0 unspecified atom stereocenters. The molecule has 1 aromatic heterocycles. The van der Waals surface area contributed by atoms with Gasteiger partial charge < -0.3 is 15.4 Å². The van der Waals surface area contributed by atoms with E-state index in [1.54, 1.807) is 54.6 Å². The second kappa shape index (κ2) is 8.11. The maximum absolute atomic E-state index is 13.7. The molecular formula is C20H18FN3O2. The van der Waals surface area contributed by atoms with Gasteiger partial charge in [0.2, 0.25) is 0 Å². The quantitative estimate of drug-likeness (QED) is 0.680. The predicted molar refractivity (Wildman–Crippen MR) is 99.5 cm³/mol. The first-order valence-electron chi connectivity index (χ1n) is 8.17. The zero-order valence-electron chi connectivity index (χ0n) is 14.2. The van der Waals surface area contributed by atoms with Crippen LogP contribution in [0, 0.1) is 5.82 Å². The standard InChI is InChI=1S/C20H18FN3O2/c1-2-26-16-9-7-14(8-10-16)24-20(25)19-13-15(11-12-22-19)23-18-6-4-3-5-17(18)21/h3-13H,2H2,1H3,(H,22,23)(H,24,25).